The standard InChI is InChI=1S/C13H12BrNO4S/c1-6(13(17)18)3-9(16)11-5-8-10(20-11)4-7(14)12(15-8)19-2/h4-6H,3H2,1-2H3,(H,17,18)/t6-/m0/s1. The van der Waals surface area contributed by atoms with Gasteiger partial charge in [0.05, 0.1) is 32.6 Å². The lowest BCUT2D eigenvalue weighted by Crippen LogP contribution is -2.13. The van der Waals surface area contributed by atoms with Crippen molar-refractivity contribution >= 4 is 49.2 Å². The number of methoxy groups -OCH3 is 1. The maximum Gasteiger partial charge on any atom is 0.306 e. The van der Waals surface area contributed by atoms with Gasteiger partial charge in [-0.05, 0) is 28.1 Å². The number of hydrogen-bond donors (Lipinski definition) is 1. The topological polar surface area (TPSA) is 76.5 Å². The zero-order valence-electron chi connectivity index (χ0n) is 10.8. The third kappa shape index (κ3) is 2.99. The quantitative estimate of drug-likeness (QED) is 0.830. The molecule has 2 rings (SSSR count). The molecule has 0 amide bonds. The van der Waals surface area contributed by atoms with Gasteiger partial charge in [0.25, 0.3) is 0 Å². The van der Waals surface area contributed by atoms with Crippen LogP contribution in [-0.4, -0.2) is 29.0 Å². The third-order valence-corrected chi connectivity index (χ3v) is 4.49. The number of pyridine rings is 1. The summed E-state index contributed by atoms with van der Waals surface area (Å²) in [4.78, 5) is 27.6. The van der Waals surface area contributed by atoms with Crippen LogP contribution in [0.5, 0.6) is 5.88 Å². The fraction of sp³-hybridized carbons (Fsp3) is 0.308. The van der Waals surface area contributed by atoms with Gasteiger partial charge in [0.1, 0.15) is 0 Å². The second-order valence-corrected chi connectivity index (χ2v) is 6.28. The number of hydrogen-bond acceptors (Lipinski definition) is 5. The summed E-state index contributed by atoms with van der Waals surface area (Å²) in [5, 5.41) is 8.84. The van der Waals surface area contributed by atoms with Gasteiger partial charge in [0.15, 0.2) is 5.78 Å². The number of Topliss-reactive ketones (excluding diaryl/α,β-unsaturated/α-hetero) is 1. The molecule has 1 atom stereocenters. The Balaban J connectivity index is 2.32. The average Bonchev–Trinajstić information content (AvgIpc) is 2.80. The normalized spacial score (nSPS) is 12.3. The largest absolute Gasteiger partial charge is 0.481 e. The first kappa shape index (κ1) is 14.9. The molecular weight excluding hydrogens is 346 g/mol. The minimum Gasteiger partial charge on any atom is -0.481 e. The van der Waals surface area contributed by atoms with Crippen LogP contribution in [0.1, 0.15) is 23.0 Å². The van der Waals surface area contributed by atoms with E-state index in [9.17, 15) is 9.59 Å². The summed E-state index contributed by atoms with van der Waals surface area (Å²) >= 11 is 4.64. The molecule has 106 valence electrons. The zero-order chi connectivity index (χ0) is 14.9. The number of carbonyl (C=O) groups is 2. The Morgan fingerprint density at radius 2 is 2.20 bits per heavy atom. The fourth-order valence-corrected chi connectivity index (χ4v) is 3.29. The number of aliphatic carboxylic acids is 1. The van der Waals surface area contributed by atoms with Crippen molar-refractivity contribution in [1.82, 2.24) is 4.98 Å². The van der Waals surface area contributed by atoms with Crippen molar-refractivity contribution in [1.29, 1.82) is 0 Å². The molecule has 2 aromatic rings. The Labute approximate surface area is 127 Å². The summed E-state index contributed by atoms with van der Waals surface area (Å²) in [5.41, 5.74) is 0.668. The highest BCUT2D eigenvalue weighted by atomic mass is 79.9. The minimum atomic E-state index is -0.970. The lowest BCUT2D eigenvalue weighted by atomic mass is 10.0. The molecule has 0 aliphatic carbocycles. The van der Waals surface area contributed by atoms with Crippen LogP contribution in [0.3, 0.4) is 0 Å². The predicted octanol–water partition coefficient (Wildman–Crippen LogP) is 3.36. The first-order valence-corrected chi connectivity index (χ1v) is 7.43. The summed E-state index contributed by atoms with van der Waals surface area (Å²) in [5.74, 6) is -1.39. The summed E-state index contributed by atoms with van der Waals surface area (Å²) in [6, 6.07) is 3.51. The SMILES string of the molecule is COc1nc2cc(C(=O)C[C@H](C)C(=O)O)sc2cc1Br. The van der Waals surface area contributed by atoms with Gasteiger partial charge in [0, 0.05) is 6.42 Å². The van der Waals surface area contributed by atoms with Crippen molar-refractivity contribution in [2.45, 2.75) is 13.3 Å². The maximum atomic E-state index is 12.0. The van der Waals surface area contributed by atoms with Gasteiger partial charge >= 0.3 is 5.97 Å². The Morgan fingerprint density at radius 1 is 1.50 bits per heavy atom. The molecular formula is C13H12BrNO4S. The Bertz CT molecular complexity index is 682. The van der Waals surface area contributed by atoms with Gasteiger partial charge in [-0.15, -0.1) is 11.3 Å². The lowest BCUT2D eigenvalue weighted by molar-refractivity contribution is -0.141. The molecule has 0 bridgehead atoms. The smallest absolute Gasteiger partial charge is 0.306 e. The van der Waals surface area contributed by atoms with Crippen LogP contribution in [0.25, 0.3) is 10.2 Å². The maximum absolute atomic E-state index is 12.0. The highest BCUT2D eigenvalue weighted by molar-refractivity contribution is 9.10. The number of nitrogens with zero attached hydrogens (tertiary/aromatic N) is 1. The number of carboxylic acids is 1. The average molecular weight is 358 g/mol. The molecule has 0 aliphatic heterocycles. The van der Waals surface area contributed by atoms with E-state index in [2.05, 4.69) is 20.9 Å². The Kier molecular flexibility index (Phi) is 4.39. The molecule has 0 spiro atoms. The van der Waals surface area contributed by atoms with Gasteiger partial charge in [-0.1, -0.05) is 6.92 Å². The molecule has 0 unspecified atom stereocenters. The van der Waals surface area contributed by atoms with Crippen molar-refractivity contribution in [3.8, 4) is 5.88 Å². The van der Waals surface area contributed by atoms with E-state index in [0.717, 1.165) is 4.70 Å². The molecule has 2 heterocycles. The van der Waals surface area contributed by atoms with Crippen LogP contribution in [0, 0.1) is 5.92 Å². The summed E-state index contributed by atoms with van der Waals surface area (Å²) in [6.07, 6.45) is -0.0134. The van der Waals surface area contributed by atoms with Crippen LogP contribution >= 0.6 is 27.3 Å². The molecule has 1 N–H and O–H groups in total. The second-order valence-electron chi connectivity index (χ2n) is 4.34. The van der Waals surface area contributed by atoms with Crippen molar-refractivity contribution in [2.24, 2.45) is 5.92 Å². The molecule has 0 saturated heterocycles. The van der Waals surface area contributed by atoms with Gasteiger partial charge in [-0.25, -0.2) is 4.98 Å². The van der Waals surface area contributed by atoms with Crippen molar-refractivity contribution < 1.29 is 19.4 Å². The molecule has 7 heteroatoms. The van der Waals surface area contributed by atoms with E-state index in [-0.39, 0.29) is 12.2 Å². The number of carboxylic acid groups (broad SMARTS) is 1. The van der Waals surface area contributed by atoms with E-state index in [1.165, 1.54) is 25.4 Å². The number of rotatable bonds is 5. The summed E-state index contributed by atoms with van der Waals surface area (Å²) < 4.78 is 6.67. The van der Waals surface area contributed by atoms with E-state index < -0.39 is 11.9 Å². The first-order chi connectivity index (χ1) is 9.42. The molecule has 5 nitrogen and oxygen atoms in total. The van der Waals surface area contributed by atoms with Crippen LogP contribution in [-0.2, 0) is 4.79 Å². The van der Waals surface area contributed by atoms with E-state index in [1.807, 2.05) is 6.07 Å². The van der Waals surface area contributed by atoms with Crippen molar-refractivity contribution in [2.75, 3.05) is 7.11 Å². The van der Waals surface area contributed by atoms with Gasteiger partial charge < -0.3 is 9.84 Å². The number of aromatic nitrogens is 1. The van der Waals surface area contributed by atoms with Crippen LogP contribution in [0.4, 0.5) is 0 Å². The molecule has 0 radical (unpaired) electrons. The van der Waals surface area contributed by atoms with Crippen LogP contribution in [0.2, 0.25) is 0 Å². The summed E-state index contributed by atoms with van der Waals surface area (Å²) in [6.45, 7) is 1.52. The Hall–Kier alpha value is -1.47. The predicted molar refractivity (Wildman–Crippen MR) is 79.6 cm³/mol. The molecule has 0 aromatic carbocycles. The number of fused-ring (bicyclic) bond motifs is 1. The number of thiophene rings is 1. The first-order valence-electron chi connectivity index (χ1n) is 5.82. The number of halogens is 1. The molecule has 0 fully saturated rings. The van der Waals surface area contributed by atoms with E-state index in [4.69, 9.17) is 9.84 Å². The van der Waals surface area contributed by atoms with Crippen molar-refractivity contribution in [3.05, 3.63) is 21.5 Å². The number of ketones is 1. The van der Waals surface area contributed by atoms with Crippen LogP contribution < -0.4 is 4.74 Å². The third-order valence-electron chi connectivity index (χ3n) is 2.81. The Morgan fingerprint density at radius 3 is 2.80 bits per heavy atom. The second kappa shape index (κ2) is 5.88. The molecule has 0 aliphatic rings. The molecule has 0 saturated carbocycles. The number of ether oxygens (including phenoxy) is 1. The van der Waals surface area contributed by atoms with Crippen LogP contribution in [0.15, 0.2) is 16.6 Å². The van der Waals surface area contributed by atoms with Gasteiger partial charge in [-0.3, -0.25) is 9.59 Å². The van der Waals surface area contributed by atoms with Crippen molar-refractivity contribution in [3.63, 3.8) is 0 Å². The molecule has 2 aromatic heterocycles. The minimum absolute atomic E-state index is 0.0134. The van der Waals surface area contributed by atoms with Gasteiger partial charge in [0.2, 0.25) is 5.88 Å². The van der Waals surface area contributed by atoms with E-state index in [1.54, 1.807) is 6.07 Å². The monoisotopic (exact) mass is 357 g/mol. The van der Waals surface area contributed by atoms with Gasteiger partial charge in [-0.2, -0.15) is 0 Å². The fourth-order valence-electron chi connectivity index (χ4n) is 1.67. The van der Waals surface area contributed by atoms with E-state index in [0.29, 0.717) is 20.7 Å². The number of carbonyl (C=O) groups excluding carboxylic acids is 1. The molecule has 20 heavy (non-hydrogen) atoms. The lowest BCUT2D eigenvalue weighted by Gasteiger charge is -2.02. The highest BCUT2D eigenvalue weighted by Gasteiger charge is 2.19. The zero-order valence-corrected chi connectivity index (χ0v) is 13.2. The highest BCUT2D eigenvalue weighted by Crippen LogP contribution is 2.32. The summed E-state index contributed by atoms with van der Waals surface area (Å²) in [7, 11) is 1.52. The van der Waals surface area contributed by atoms with E-state index >= 15 is 0 Å².